The highest BCUT2D eigenvalue weighted by molar-refractivity contribution is 7.73. The molecule has 0 saturated carbocycles. The number of nitrogens with one attached hydrogen (secondary N) is 1. The number of hydrogen-bond acceptors (Lipinski definition) is 2. The van der Waals surface area contributed by atoms with E-state index in [2.05, 4.69) is 73.3 Å². The number of rotatable bonds is 3. The van der Waals surface area contributed by atoms with Gasteiger partial charge in [0.25, 0.3) is 0 Å². The highest BCUT2D eigenvalue weighted by atomic mass is 32.1. The predicted octanol–water partition coefficient (Wildman–Crippen LogP) is 4.15. The van der Waals surface area contributed by atoms with E-state index in [0.717, 1.165) is 31.8 Å². The number of thiazole rings is 1. The van der Waals surface area contributed by atoms with Crippen LogP contribution in [-0.4, -0.2) is 9.55 Å². The third-order valence-corrected chi connectivity index (χ3v) is 5.67. The Morgan fingerprint density at radius 3 is 2.74 bits per heavy atom. The lowest BCUT2D eigenvalue weighted by Crippen LogP contribution is -2.26. The number of aryl methyl sites for hydroxylation is 1. The molecule has 2 aromatic heterocycles. The number of benzene rings is 1. The number of aromatic nitrogens is 2. The molecule has 0 saturated heterocycles. The molecule has 1 aromatic carbocycles. The molecule has 23 heavy (non-hydrogen) atoms. The van der Waals surface area contributed by atoms with Gasteiger partial charge in [-0.1, -0.05) is 24.8 Å². The molecule has 3 rings (SSSR count). The molecule has 0 aliphatic rings. The molecular weight excluding hydrogens is 320 g/mol. The maximum absolute atomic E-state index is 5.40. The minimum Gasteiger partial charge on any atom is -0.355 e. The SMILES string of the molecule is C=c1/c(=C/c2ccc(-c3cccc(C)c3C)[nH]2)sc(=S)n1CC. The maximum atomic E-state index is 5.40. The van der Waals surface area contributed by atoms with Gasteiger partial charge in [0.05, 0.1) is 9.88 Å². The molecule has 0 amide bonds. The second-order valence-electron chi connectivity index (χ2n) is 5.64. The molecule has 0 unspecified atom stereocenters. The molecule has 3 aromatic rings. The average Bonchev–Trinajstić information content (AvgIpc) is 3.08. The predicted molar refractivity (Wildman–Crippen MR) is 103 cm³/mol. The highest BCUT2D eigenvalue weighted by Crippen LogP contribution is 2.24. The van der Waals surface area contributed by atoms with Crippen molar-refractivity contribution in [1.29, 1.82) is 0 Å². The first-order valence-corrected chi connectivity index (χ1v) is 8.89. The zero-order valence-electron chi connectivity index (χ0n) is 13.6. The average molecular weight is 341 g/mol. The van der Waals surface area contributed by atoms with Gasteiger partial charge in [-0.25, -0.2) is 0 Å². The van der Waals surface area contributed by atoms with Gasteiger partial charge in [-0.15, -0.1) is 11.3 Å². The van der Waals surface area contributed by atoms with Crippen LogP contribution in [0.1, 0.15) is 23.7 Å². The van der Waals surface area contributed by atoms with E-state index in [1.165, 1.54) is 16.7 Å². The third-order valence-electron chi connectivity index (χ3n) is 4.23. The number of nitrogens with zero attached hydrogens (tertiary/aromatic N) is 1. The second-order valence-corrected chi connectivity index (χ2v) is 7.32. The lowest BCUT2D eigenvalue weighted by molar-refractivity contribution is 0.739. The normalized spacial score (nSPS) is 12.0. The van der Waals surface area contributed by atoms with Crippen LogP contribution in [0, 0.1) is 17.8 Å². The molecule has 2 heterocycles. The van der Waals surface area contributed by atoms with Crippen LogP contribution < -0.4 is 9.88 Å². The molecule has 0 aliphatic carbocycles. The van der Waals surface area contributed by atoms with Crippen LogP contribution in [-0.2, 0) is 6.54 Å². The fraction of sp³-hybridized carbons (Fsp3) is 0.211. The van der Waals surface area contributed by atoms with Crippen LogP contribution in [0.4, 0.5) is 0 Å². The van der Waals surface area contributed by atoms with Crippen LogP contribution >= 0.6 is 23.6 Å². The Labute approximate surface area is 145 Å². The number of aromatic amines is 1. The smallest absolute Gasteiger partial charge is 0.162 e. The molecule has 1 N–H and O–H groups in total. The molecule has 0 spiro atoms. The van der Waals surface area contributed by atoms with Crippen LogP contribution in [0.25, 0.3) is 23.9 Å². The Kier molecular flexibility index (Phi) is 4.37. The van der Waals surface area contributed by atoms with E-state index in [-0.39, 0.29) is 0 Å². The maximum Gasteiger partial charge on any atom is 0.162 e. The summed E-state index contributed by atoms with van der Waals surface area (Å²) in [6, 6.07) is 10.6. The zero-order valence-corrected chi connectivity index (χ0v) is 15.3. The van der Waals surface area contributed by atoms with Gasteiger partial charge in [-0.2, -0.15) is 0 Å². The summed E-state index contributed by atoms with van der Waals surface area (Å²) < 4.78 is 4.07. The van der Waals surface area contributed by atoms with E-state index in [9.17, 15) is 0 Å². The Hall–Kier alpha value is -1.91. The zero-order chi connectivity index (χ0) is 16.6. The molecule has 0 bridgehead atoms. The lowest BCUT2D eigenvalue weighted by atomic mass is 10.0. The van der Waals surface area contributed by atoms with Crippen molar-refractivity contribution in [1.82, 2.24) is 9.55 Å². The Morgan fingerprint density at radius 1 is 1.26 bits per heavy atom. The van der Waals surface area contributed by atoms with E-state index in [1.54, 1.807) is 11.3 Å². The van der Waals surface area contributed by atoms with Crippen molar-refractivity contribution in [3.05, 3.63) is 61.0 Å². The topological polar surface area (TPSA) is 20.7 Å². The molecule has 0 radical (unpaired) electrons. The van der Waals surface area contributed by atoms with Crippen molar-refractivity contribution < 1.29 is 0 Å². The fourth-order valence-corrected chi connectivity index (χ4v) is 4.18. The summed E-state index contributed by atoms with van der Waals surface area (Å²) in [7, 11) is 0. The Morgan fingerprint density at radius 2 is 2.04 bits per heavy atom. The van der Waals surface area contributed by atoms with Gasteiger partial charge in [0.15, 0.2) is 3.95 Å². The van der Waals surface area contributed by atoms with Gasteiger partial charge < -0.3 is 9.55 Å². The van der Waals surface area contributed by atoms with E-state index >= 15 is 0 Å². The first-order valence-electron chi connectivity index (χ1n) is 7.67. The summed E-state index contributed by atoms with van der Waals surface area (Å²) in [6.07, 6.45) is 2.13. The Bertz CT molecular complexity index is 1020. The van der Waals surface area contributed by atoms with Crippen molar-refractivity contribution in [2.45, 2.75) is 27.3 Å². The molecule has 0 aliphatic heterocycles. The summed E-state index contributed by atoms with van der Waals surface area (Å²) in [5.41, 5.74) is 6.08. The van der Waals surface area contributed by atoms with E-state index in [4.69, 9.17) is 12.2 Å². The highest BCUT2D eigenvalue weighted by Gasteiger charge is 2.06. The van der Waals surface area contributed by atoms with E-state index < -0.39 is 0 Å². The van der Waals surface area contributed by atoms with Gasteiger partial charge in [0.1, 0.15) is 0 Å². The van der Waals surface area contributed by atoms with Crippen LogP contribution in [0.2, 0.25) is 0 Å². The van der Waals surface area contributed by atoms with E-state index in [0.29, 0.717) is 0 Å². The summed E-state index contributed by atoms with van der Waals surface area (Å²) in [5, 5.41) is 0.991. The van der Waals surface area contributed by atoms with Crippen LogP contribution in [0.15, 0.2) is 30.3 Å². The second kappa shape index (κ2) is 6.30. The summed E-state index contributed by atoms with van der Waals surface area (Å²) in [6.45, 7) is 11.4. The Balaban J connectivity index is 2.07. The minimum absolute atomic E-state index is 0.862. The standard InChI is InChI=1S/C19H20N2S2/c1-5-21-14(4)18(23-19(21)22)11-15-9-10-17(20-15)16-8-6-7-12(2)13(16)3/h6-11,20H,4-5H2,1-3H3/b18-11-. The minimum atomic E-state index is 0.862. The molecule has 0 atom stereocenters. The first kappa shape index (κ1) is 16.0. The fourth-order valence-electron chi connectivity index (χ4n) is 2.72. The summed E-state index contributed by atoms with van der Waals surface area (Å²) >= 11 is 7.01. The molecular formula is C19H20N2S2. The van der Waals surface area contributed by atoms with Crippen molar-refractivity contribution in [2.24, 2.45) is 0 Å². The summed E-state index contributed by atoms with van der Waals surface area (Å²) in [5.74, 6) is 0. The molecule has 4 heteroatoms. The summed E-state index contributed by atoms with van der Waals surface area (Å²) in [4.78, 5) is 3.50. The van der Waals surface area contributed by atoms with Gasteiger partial charge in [-0.3, -0.25) is 0 Å². The monoisotopic (exact) mass is 340 g/mol. The van der Waals surface area contributed by atoms with Crippen LogP contribution in [0.3, 0.4) is 0 Å². The van der Waals surface area contributed by atoms with Gasteiger partial charge in [-0.05, 0) is 62.3 Å². The van der Waals surface area contributed by atoms with Crippen molar-refractivity contribution in [2.75, 3.05) is 0 Å². The molecule has 0 fully saturated rings. The van der Waals surface area contributed by atoms with Crippen molar-refractivity contribution in [3.8, 4) is 11.3 Å². The molecule has 118 valence electrons. The first-order chi connectivity index (χ1) is 11.0. The van der Waals surface area contributed by atoms with Crippen molar-refractivity contribution in [3.63, 3.8) is 0 Å². The van der Waals surface area contributed by atoms with Crippen molar-refractivity contribution >= 4 is 36.2 Å². The number of hydrogen-bond donors (Lipinski definition) is 1. The largest absolute Gasteiger partial charge is 0.355 e. The van der Waals surface area contributed by atoms with Gasteiger partial charge in [0, 0.05) is 23.5 Å². The number of H-pyrrole nitrogens is 1. The molecule has 2 nitrogen and oxygen atoms in total. The third kappa shape index (κ3) is 2.96. The lowest BCUT2D eigenvalue weighted by Gasteiger charge is -2.06. The van der Waals surface area contributed by atoms with Gasteiger partial charge in [0.2, 0.25) is 0 Å². The quantitative estimate of drug-likeness (QED) is 0.710. The van der Waals surface area contributed by atoms with Gasteiger partial charge >= 0.3 is 0 Å². The van der Waals surface area contributed by atoms with E-state index in [1.807, 2.05) is 0 Å². The van der Waals surface area contributed by atoms with Crippen LogP contribution in [0.5, 0.6) is 0 Å².